The van der Waals surface area contributed by atoms with Crippen molar-refractivity contribution in [3.8, 4) is 6.07 Å². The number of benzene rings is 1. The van der Waals surface area contributed by atoms with Crippen molar-refractivity contribution in [1.29, 1.82) is 5.26 Å². The molecule has 2 aromatic rings. The van der Waals surface area contributed by atoms with Gasteiger partial charge in [-0.25, -0.2) is 0 Å². The lowest BCUT2D eigenvalue weighted by Crippen LogP contribution is -2.21. The summed E-state index contributed by atoms with van der Waals surface area (Å²) in [5.41, 5.74) is 6.67. The topological polar surface area (TPSA) is 106 Å². The number of para-hydroxylation sites is 1. The number of aromatic nitrogens is 2. The predicted octanol–water partition coefficient (Wildman–Crippen LogP) is 3.00. The number of nitrogens with zero attached hydrogens (tertiary/aromatic N) is 3. The van der Waals surface area contributed by atoms with Crippen molar-refractivity contribution in [2.24, 2.45) is 11.7 Å². The van der Waals surface area contributed by atoms with E-state index in [4.69, 9.17) is 10.5 Å². The van der Waals surface area contributed by atoms with Gasteiger partial charge in [-0.3, -0.25) is 9.48 Å². The van der Waals surface area contributed by atoms with Crippen LogP contribution in [0.25, 0.3) is 0 Å². The first kappa shape index (κ1) is 18.0. The van der Waals surface area contributed by atoms with E-state index in [1.807, 2.05) is 30.3 Å². The fourth-order valence-electron chi connectivity index (χ4n) is 3.27. The average Bonchev–Trinajstić information content (AvgIpc) is 3.07. The van der Waals surface area contributed by atoms with E-state index in [0.29, 0.717) is 23.7 Å². The van der Waals surface area contributed by atoms with E-state index in [-0.39, 0.29) is 6.04 Å². The van der Waals surface area contributed by atoms with Crippen LogP contribution < -0.4 is 11.1 Å². The largest absolute Gasteiger partial charge is 0.381 e. The number of hydrogen-bond acceptors (Lipinski definition) is 5. The molecule has 1 amide bonds. The van der Waals surface area contributed by atoms with Crippen LogP contribution in [0.3, 0.4) is 0 Å². The maximum absolute atomic E-state index is 11.8. The van der Waals surface area contributed by atoms with Crippen molar-refractivity contribution < 1.29 is 9.53 Å². The van der Waals surface area contributed by atoms with Gasteiger partial charge in [-0.2, -0.15) is 10.4 Å². The molecule has 3 N–H and O–H groups in total. The quantitative estimate of drug-likeness (QED) is 0.796. The summed E-state index contributed by atoms with van der Waals surface area (Å²) in [5.74, 6) is 0.365. The minimum absolute atomic E-state index is 0.0903. The maximum atomic E-state index is 11.8. The third kappa shape index (κ3) is 4.41. The van der Waals surface area contributed by atoms with E-state index in [2.05, 4.69) is 16.5 Å². The molecule has 1 fully saturated rings. The number of nitriles is 1. The van der Waals surface area contributed by atoms with Crippen LogP contribution in [0, 0.1) is 17.2 Å². The van der Waals surface area contributed by atoms with Crippen molar-refractivity contribution in [3.05, 3.63) is 42.1 Å². The molecule has 0 spiro atoms. The van der Waals surface area contributed by atoms with E-state index in [0.717, 1.165) is 38.2 Å². The normalized spacial score (nSPS) is 16.0. The van der Waals surface area contributed by atoms with Crippen LogP contribution in [0.4, 0.5) is 11.5 Å². The van der Waals surface area contributed by atoms with Gasteiger partial charge in [-0.1, -0.05) is 18.2 Å². The minimum atomic E-state index is -0.545. The van der Waals surface area contributed by atoms with Crippen LogP contribution in [0.15, 0.2) is 36.5 Å². The molecule has 7 heteroatoms. The second-order valence-corrected chi connectivity index (χ2v) is 6.53. The summed E-state index contributed by atoms with van der Waals surface area (Å²) in [4.78, 5) is 11.8. The average molecular weight is 353 g/mol. The summed E-state index contributed by atoms with van der Waals surface area (Å²) < 4.78 is 7.12. The Balaban J connectivity index is 1.83. The first-order valence-corrected chi connectivity index (χ1v) is 8.83. The zero-order chi connectivity index (χ0) is 18.4. The summed E-state index contributed by atoms with van der Waals surface area (Å²) in [6.07, 6.45) is 4.79. The second kappa shape index (κ2) is 8.50. The summed E-state index contributed by atoms with van der Waals surface area (Å²) in [7, 11) is 0. The molecule has 1 aliphatic heterocycles. The molecular formula is C19H23N5O2. The van der Waals surface area contributed by atoms with E-state index in [9.17, 15) is 10.1 Å². The van der Waals surface area contributed by atoms with Crippen LogP contribution in [0.2, 0.25) is 0 Å². The number of anilines is 2. The highest BCUT2D eigenvalue weighted by Crippen LogP contribution is 2.29. The van der Waals surface area contributed by atoms with Gasteiger partial charge in [0.2, 0.25) is 0 Å². The van der Waals surface area contributed by atoms with Gasteiger partial charge in [0.1, 0.15) is 5.56 Å². The first-order valence-electron chi connectivity index (χ1n) is 8.83. The molecule has 7 nitrogen and oxygen atoms in total. The Morgan fingerprint density at radius 2 is 2.12 bits per heavy atom. The number of ether oxygens (including phenoxy) is 1. The Morgan fingerprint density at radius 1 is 1.38 bits per heavy atom. The molecule has 1 aliphatic rings. The number of carbonyl (C=O) groups is 1. The second-order valence-electron chi connectivity index (χ2n) is 6.53. The van der Waals surface area contributed by atoms with Crippen molar-refractivity contribution in [2.45, 2.75) is 31.7 Å². The number of nitrogens with two attached hydrogens (primary N) is 1. The van der Waals surface area contributed by atoms with Crippen LogP contribution in [-0.4, -0.2) is 28.9 Å². The zero-order valence-electron chi connectivity index (χ0n) is 14.6. The van der Waals surface area contributed by atoms with Crippen LogP contribution in [0.5, 0.6) is 0 Å². The van der Waals surface area contributed by atoms with Gasteiger partial charge in [-0.05, 0) is 37.3 Å². The van der Waals surface area contributed by atoms with Crippen molar-refractivity contribution in [2.75, 3.05) is 18.5 Å². The van der Waals surface area contributed by atoms with Crippen LogP contribution >= 0.6 is 0 Å². The summed E-state index contributed by atoms with van der Waals surface area (Å²) in [6.45, 7) is 1.52. The Morgan fingerprint density at radius 3 is 2.77 bits per heavy atom. The highest BCUT2D eigenvalue weighted by atomic mass is 16.5. The standard InChI is InChI=1S/C19H23N5O2/c20-9-6-16(12-14-7-10-26-11-8-14)24-13-17(18(21)25)19(23-24)22-15-4-2-1-3-5-15/h1-5,13-14,16H,6-8,10-12H2,(H2,21,25)(H,22,23). The first-order chi connectivity index (χ1) is 12.7. The molecule has 3 rings (SSSR count). The summed E-state index contributed by atoms with van der Waals surface area (Å²) in [5, 5.41) is 16.9. The number of amides is 1. The number of primary amides is 1. The monoisotopic (exact) mass is 353 g/mol. The summed E-state index contributed by atoms with van der Waals surface area (Å²) in [6, 6.07) is 11.6. The molecule has 0 bridgehead atoms. The number of nitrogens with one attached hydrogen (secondary N) is 1. The smallest absolute Gasteiger partial charge is 0.254 e. The molecule has 26 heavy (non-hydrogen) atoms. The van der Waals surface area contributed by atoms with Gasteiger partial charge in [0.05, 0.1) is 18.5 Å². The lowest BCUT2D eigenvalue weighted by Gasteiger charge is -2.25. The van der Waals surface area contributed by atoms with Gasteiger partial charge < -0.3 is 15.8 Å². The molecule has 1 aromatic carbocycles. The molecule has 1 atom stereocenters. The third-order valence-corrected chi connectivity index (χ3v) is 4.68. The number of carbonyl (C=O) groups excluding carboxylic acids is 1. The van der Waals surface area contributed by atoms with Crippen molar-refractivity contribution >= 4 is 17.4 Å². The van der Waals surface area contributed by atoms with E-state index in [1.54, 1.807) is 10.9 Å². The molecule has 0 aliphatic carbocycles. The van der Waals surface area contributed by atoms with Gasteiger partial charge in [-0.15, -0.1) is 0 Å². The molecule has 1 saturated heterocycles. The predicted molar refractivity (Wildman–Crippen MR) is 97.9 cm³/mol. The van der Waals surface area contributed by atoms with E-state index in [1.165, 1.54) is 0 Å². The fraction of sp³-hybridized carbons (Fsp3) is 0.421. The van der Waals surface area contributed by atoms with Gasteiger partial charge in [0, 0.05) is 25.1 Å². The molecular weight excluding hydrogens is 330 g/mol. The van der Waals surface area contributed by atoms with Crippen molar-refractivity contribution in [1.82, 2.24) is 9.78 Å². The number of rotatable bonds is 7. The molecule has 2 heterocycles. The van der Waals surface area contributed by atoms with Crippen LogP contribution in [0.1, 0.15) is 42.1 Å². The SMILES string of the molecule is N#CCC(CC1CCOCC1)n1cc(C(N)=O)c(Nc2ccccc2)n1. The lowest BCUT2D eigenvalue weighted by molar-refractivity contribution is 0.0587. The maximum Gasteiger partial charge on any atom is 0.254 e. The molecule has 1 unspecified atom stereocenters. The Kier molecular flexibility index (Phi) is 5.87. The summed E-state index contributed by atoms with van der Waals surface area (Å²) >= 11 is 0. The van der Waals surface area contributed by atoms with Gasteiger partial charge >= 0.3 is 0 Å². The molecule has 136 valence electrons. The third-order valence-electron chi connectivity index (χ3n) is 4.68. The van der Waals surface area contributed by atoms with Crippen molar-refractivity contribution in [3.63, 3.8) is 0 Å². The fourth-order valence-corrected chi connectivity index (χ4v) is 3.27. The Hall–Kier alpha value is -2.85. The van der Waals surface area contributed by atoms with E-state index < -0.39 is 5.91 Å². The Labute approximate surface area is 152 Å². The highest BCUT2D eigenvalue weighted by Gasteiger charge is 2.23. The molecule has 0 radical (unpaired) electrons. The van der Waals surface area contributed by atoms with Gasteiger partial charge in [0.15, 0.2) is 5.82 Å². The highest BCUT2D eigenvalue weighted by molar-refractivity contribution is 5.98. The molecule has 0 saturated carbocycles. The number of hydrogen-bond donors (Lipinski definition) is 2. The van der Waals surface area contributed by atoms with Gasteiger partial charge in [0.25, 0.3) is 5.91 Å². The Bertz CT molecular complexity index is 775. The lowest BCUT2D eigenvalue weighted by atomic mass is 9.91. The molecule has 1 aromatic heterocycles. The van der Waals surface area contributed by atoms with Crippen LogP contribution in [-0.2, 0) is 4.74 Å². The minimum Gasteiger partial charge on any atom is -0.381 e. The van der Waals surface area contributed by atoms with E-state index >= 15 is 0 Å². The zero-order valence-corrected chi connectivity index (χ0v) is 14.6.